The fourth-order valence-corrected chi connectivity index (χ4v) is 2.85. The zero-order valence-corrected chi connectivity index (χ0v) is 15.1. The zero-order chi connectivity index (χ0) is 18.1. The average Bonchev–Trinajstić information content (AvgIpc) is 2.56. The standard InChI is InChI=1S/C19H14BrFO4/c1-10-3-5-14-12(7-17(22)25-18(14)11(10)2)9-24-19(23)15-6-4-13(20)8-16(15)21/h3-8H,9H2,1-2H3. The summed E-state index contributed by atoms with van der Waals surface area (Å²) in [6.45, 7) is 3.62. The minimum Gasteiger partial charge on any atom is -0.457 e. The van der Waals surface area contributed by atoms with Crippen molar-refractivity contribution in [2.45, 2.75) is 20.5 Å². The van der Waals surface area contributed by atoms with Crippen molar-refractivity contribution in [3.05, 3.63) is 79.4 Å². The van der Waals surface area contributed by atoms with Crippen LogP contribution in [0, 0.1) is 19.7 Å². The molecule has 0 fully saturated rings. The van der Waals surface area contributed by atoms with Gasteiger partial charge in [0.05, 0.1) is 5.56 Å². The monoisotopic (exact) mass is 404 g/mol. The number of benzene rings is 2. The second-order valence-electron chi connectivity index (χ2n) is 5.68. The average molecular weight is 405 g/mol. The lowest BCUT2D eigenvalue weighted by Crippen LogP contribution is -2.10. The van der Waals surface area contributed by atoms with Crippen molar-refractivity contribution in [2.75, 3.05) is 0 Å². The van der Waals surface area contributed by atoms with E-state index in [4.69, 9.17) is 9.15 Å². The third-order valence-corrected chi connectivity index (χ3v) is 4.52. The molecule has 0 aliphatic heterocycles. The van der Waals surface area contributed by atoms with Gasteiger partial charge in [-0.15, -0.1) is 0 Å². The van der Waals surface area contributed by atoms with Gasteiger partial charge in [-0.05, 0) is 43.2 Å². The van der Waals surface area contributed by atoms with Gasteiger partial charge in [-0.1, -0.05) is 28.1 Å². The molecular formula is C19H14BrFO4. The molecule has 1 aromatic heterocycles. The molecule has 0 aliphatic carbocycles. The van der Waals surface area contributed by atoms with Crippen LogP contribution in [-0.2, 0) is 11.3 Å². The van der Waals surface area contributed by atoms with Crippen LogP contribution >= 0.6 is 15.9 Å². The number of aryl methyl sites for hydroxylation is 2. The van der Waals surface area contributed by atoms with Crippen LogP contribution in [0.3, 0.4) is 0 Å². The van der Waals surface area contributed by atoms with Crippen LogP contribution in [0.1, 0.15) is 27.0 Å². The van der Waals surface area contributed by atoms with Crippen LogP contribution in [0.15, 0.2) is 50.1 Å². The number of ether oxygens (including phenoxy) is 1. The molecule has 0 saturated carbocycles. The maximum atomic E-state index is 13.8. The minimum atomic E-state index is -0.796. The number of esters is 1. The van der Waals surface area contributed by atoms with Crippen LogP contribution in [0.25, 0.3) is 11.0 Å². The summed E-state index contributed by atoms with van der Waals surface area (Å²) in [5.74, 6) is -1.47. The van der Waals surface area contributed by atoms with Crippen LogP contribution in [0.4, 0.5) is 4.39 Å². The van der Waals surface area contributed by atoms with E-state index in [-0.39, 0.29) is 12.2 Å². The number of hydrogen-bond acceptors (Lipinski definition) is 4. The first kappa shape index (κ1) is 17.4. The summed E-state index contributed by atoms with van der Waals surface area (Å²) >= 11 is 3.13. The Morgan fingerprint density at radius 3 is 2.68 bits per heavy atom. The van der Waals surface area contributed by atoms with Gasteiger partial charge in [0.2, 0.25) is 0 Å². The predicted molar refractivity (Wildman–Crippen MR) is 95.2 cm³/mol. The molecular weight excluding hydrogens is 391 g/mol. The van der Waals surface area contributed by atoms with Gasteiger partial charge in [0.1, 0.15) is 18.0 Å². The van der Waals surface area contributed by atoms with E-state index in [0.29, 0.717) is 21.0 Å². The Hall–Kier alpha value is -2.47. The van der Waals surface area contributed by atoms with Crippen molar-refractivity contribution in [2.24, 2.45) is 0 Å². The Morgan fingerprint density at radius 2 is 1.96 bits per heavy atom. The maximum absolute atomic E-state index is 13.8. The topological polar surface area (TPSA) is 56.5 Å². The van der Waals surface area contributed by atoms with Gasteiger partial charge in [0.25, 0.3) is 0 Å². The van der Waals surface area contributed by atoms with Crippen molar-refractivity contribution in [1.29, 1.82) is 0 Å². The molecule has 0 spiro atoms. The smallest absolute Gasteiger partial charge is 0.341 e. The summed E-state index contributed by atoms with van der Waals surface area (Å²) in [4.78, 5) is 23.9. The predicted octanol–water partition coefficient (Wildman–Crippen LogP) is 4.67. The van der Waals surface area contributed by atoms with Gasteiger partial charge in [-0.2, -0.15) is 0 Å². The van der Waals surface area contributed by atoms with E-state index in [9.17, 15) is 14.0 Å². The molecule has 0 bridgehead atoms. The van der Waals surface area contributed by atoms with Crippen LogP contribution in [0.2, 0.25) is 0 Å². The van der Waals surface area contributed by atoms with Crippen molar-refractivity contribution in [3.63, 3.8) is 0 Å². The fraction of sp³-hybridized carbons (Fsp3) is 0.158. The van der Waals surface area contributed by atoms with Crippen LogP contribution in [-0.4, -0.2) is 5.97 Å². The van der Waals surface area contributed by atoms with Gasteiger partial charge < -0.3 is 9.15 Å². The van der Waals surface area contributed by atoms with Crippen molar-refractivity contribution >= 4 is 32.9 Å². The molecule has 0 radical (unpaired) electrons. The molecule has 0 saturated heterocycles. The van der Waals surface area contributed by atoms with Gasteiger partial charge in [-0.25, -0.2) is 14.0 Å². The highest BCUT2D eigenvalue weighted by Gasteiger charge is 2.15. The normalized spacial score (nSPS) is 10.9. The van der Waals surface area contributed by atoms with Crippen LogP contribution in [0.5, 0.6) is 0 Å². The molecule has 3 aromatic rings. The molecule has 0 N–H and O–H groups in total. The second-order valence-corrected chi connectivity index (χ2v) is 6.59. The van der Waals surface area contributed by atoms with Gasteiger partial charge >= 0.3 is 11.6 Å². The molecule has 0 unspecified atom stereocenters. The second kappa shape index (κ2) is 6.80. The number of hydrogen-bond donors (Lipinski definition) is 0. The highest BCUT2D eigenvalue weighted by atomic mass is 79.9. The summed E-state index contributed by atoms with van der Waals surface area (Å²) < 4.78 is 24.8. The van der Waals surface area contributed by atoms with Gasteiger partial charge in [0, 0.05) is 21.5 Å². The van der Waals surface area contributed by atoms with E-state index < -0.39 is 17.4 Å². The van der Waals surface area contributed by atoms with Crippen molar-refractivity contribution in [3.8, 4) is 0 Å². The van der Waals surface area contributed by atoms with Gasteiger partial charge in [0.15, 0.2) is 0 Å². The molecule has 4 nitrogen and oxygen atoms in total. The maximum Gasteiger partial charge on any atom is 0.341 e. The summed E-state index contributed by atoms with van der Waals surface area (Å²) in [6, 6.07) is 9.07. The Labute approximate surface area is 151 Å². The summed E-state index contributed by atoms with van der Waals surface area (Å²) in [5.41, 5.74) is 2.13. The first-order valence-electron chi connectivity index (χ1n) is 7.52. The molecule has 2 aromatic carbocycles. The summed E-state index contributed by atoms with van der Waals surface area (Å²) in [5, 5.41) is 0.687. The molecule has 25 heavy (non-hydrogen) atoms. The van der Waals surface area contributed by atoms with Crippen LogP contribution < -0.4 is 5.63 Å². The lowest BCUT2D eigenvalue weighted by atomic mass is 10.0. The lowest BCUT2D eigenvalue weighted by molar-refractivity contribution is 0.0468. The third kappa shape index (κ3) is 3.49. The molecule has 1 heterocycles. The Kier molecular flexibility index (Phi) is 4.72. The molecule has 3 rings (SSSR count). The SMILES string of the molecule is Cc1ccc2c(COC(=O)c3ccc(Br)cc3F)cc(=O)oc2c1C. The number of carbonyl (C=O) groups is 1. The quantitative estimate of drug-likeness (QED) is 0.470. The number of carbonyl (C=O) groups excluding carboxylic acids is 1. The molecule has 6 heteroatoms. The Bertz CT molecular complexity index is 1040. The Morgan fingerprint density at radius 1 is 1.20 bits per heavy atom. The zero-order valence-electron chi connectivity index (χ0n) is 13.6. The third-order valence-electron chi connectivity index (χ3n) is 4.03. The van der Waals surface area contributed by atoms with Crippen molar-refractivity contribution in [1.82, 2.24) is 0 Å². The first-order valence-corrected chi connectivity index (χ1v) is 8.31. The molecule has 0 amide bonds. The van der Waals surface area contributed by atoms with E-state index in [0.717, 1.165) is 11.1 Å². The van der Waals surface area contributed by atoms with Gasteiger partial charge in [-0.3, -0.25) is 0 Å². The highest BCUT2D eigenvalue weighted by molar-refractivity contribution is 9.10. The molecule has 0 atom stereocenters. The lowest BCUT2D eigenvalue weighted by Gasteiger charge is -2.10. The summed E-state index contributed by atoms with van der Waals surface area (Å²) in [7, 11) is 0. The van der Waals surface area contributed by atoms with Crippen molar-refractivity contribution < 1.29 is 18.3 Å². The van der Waals surface area contributed by atoms with E-state index in [1.165, 1.54) is 18.2 Å². The number of fused-ring (bicyclic) bond motifs is 1. The number of rotatable bonds is 3. The molecule has 128 valence electrons. The summed E-state index contributed by atoms with van der Waals surface area (Å²) in [6.07, 6.45) is 0. The van der Waals surface area contributed by atoms with E-state index in [1.54, 1.807) is 6.07 Å². The Balaban J connectivity index is 1.92. The van der Waals surface area contributed by atoms with E-state index in [2.05, 4.69) is 15.9 Å². The molecule has 0 aliphatic rings. The fourth-order valence-electron chi connectivity index (χ4n) is 2.52. The minimum absolute atomic E-state index is 0.154. The highest BCUT2D eigenvalue weighted by Crippen LogP contribution is 2.24. The van der Waals surface area contributed by atoms with E-state index >= 15 is 0 Å². The largest absolute Gasteiger partial charge is 0.457 e. The number of halogens is 2. The van der Waals surface area contributed by atoms with E-state index in [1.807, 2.05) is 26.0 Å². The first-order chi connectivity index (χ1) is 11.9.